The van der Waals surface area contributed by atoms with Crippen molar-refractivity contribution in [2.24, 2.45) is 11.3 Å². The van der Waals surface area contributed by atoms with Crippen LogP contribution in [0.2, 0.25) is 0 Å². The van der Waals surface area contributed by atoms with Gasteiger partial charge in [-0.15, -0.1) is 0 Å². The molecule has 2 aliphatic heterocycles. The Morgan fingerprint density at radius 1 is 1.10 bits per heavy atom. The van der Waals surface area contributed by atoms with E-state index < -0.39 is 64.9 Å². The average molecular weight is 725 g/mol. The molecule has 1 saturated heterocycles. The number of hydrogen-bond donors (Lipinski definition) is 3. The van der Waals surface area contributed by atoms with E-state index in [1.165, 1.54) is 30.2 Å². The Bertz CT molecular complexity index is 1780. The van der Waals surface area contributed by atoms with Crippen molar-refractivity contribution >= 4 is 23.6 Å². The predicted molar refractivity (Wildman–Crippen MR) is 184 cm³/mol. The summed E-state index contributed by atoms with van der Waals surface area (Å²) in [6, 6.07) is 10.9. The number of ether oxygens (including phenoxy) is 1. The molecular weight excluding hydrogens is 681 g/mol. The summed E-state index contributed by atoms with van der Waals surface area (Å²) in [5, 5.41) is 16.4. The molecule has 2 aliphatic rings. The molecule has 4 amide bonds. The van der Waals surface area contributed by atoms with Gasteiger partial charge in [0, 0.05) is 62.6 Å². The van der Waals surface area contributed by atoms with Crippen LogP contribution in [0, 0.1) is 23.0 Å². The van der Waals surface area contributed by atoms with Crippen LogP contribution in [0.4, 0.5) is 13.2 Å². The van der Waals surface area contributed by atoms with Gasteiger partial charge < -0.3 is 29.9 Å². The van der Waals surface area contributed by atoms with Gasteiger partial charge in [0.2, 0.25) is 5.91 Å². The number of rotatable bonds is 16. The maximum Gasteiger partial charge on any atom is 0.253 e. The number of nitrogens with one attached hydrogen (secondary N) is 2. The molecule has 3 aromatic rings. The first-order valence-electron chi connectivity index (χ1n) is 17.1. The van der Waals surface area contributed by atoms with Crippen molar-refractivity contribution < 1.29 is 42.2 Å². The Morgan fingerprint density at radius 2 is 1.81 bits per heavy atom. The van der Waals surface area contributed by atoms with E-state index in [0.717, 1.165) is 28.7 Å². The van der Waals surface area contributed by atoms with E-state index in [9.17, 15) is 28.7 Å². The van der Waals surface area contributed by atoms with Crippen molar-refractivity contribution in [2.75, 3.05) is 45.9 Å². The molecule has 0 unspecified atom stereocenters. The summed E-state index contributed by atoms with van der Waals surface area (Å²) >= 11 is 0. The minimum Gasteiger partial charge on any atom is -0.384 e. The molecule has 0 bridgehead atoms. The van der Waals surface area contributed by atoms with Gasteiger partial charge >= 0.3 is 0 Å². The van der Waals surface area contributed by atoms with E-state index >= 15 is 8.78 Å². The lowest BCUT2D eigenvalue weighted by atomic mass is 9.80. The molecule has 2 aromatic carbocycles. The number of benzene rings is 2. The zero-order chi connectivity index (χ0) is 37.6. The third-order valence-corrected chi connectivity index (χ3v) is 9.25. The number of carbonyl (C=O) groups excluding carboxylic acids is 4. The van der Waals surface area contributed by atoms with Gasteiger partial charge in [-0.1, -0.05) is 30.3 Å². The van der Waals surface area contributed by atoms with Gasteiger partial charge in [-0.05, 0) is 44.5 Å². The molecule has 278 valence electrons. The van der Waals surface area contributed by atoms with E-state index in [1.54, 1.807) is 18.4 Å². The normalized spacial score (nSPS) is 18.6. The lowest BCUT2D eigenvalue weighted by Crippen LogP contribution is -2.54. The molecule has 1 aromatic heterocycles. The molecule has 0 spiro atoms. The third-order valence-electron chi connectivity index (χ3n) is 9.25. The predicted octanol–water partition coefficient (Wildman–Crippen LogP) is 2.77. The number of aliphatic hydroxyl groups is 1. The van der Waals surface area contributed by atoms with E-state index in [4.69, 9.17) is 9.72 Å². The Morgan fingerprint density at radius 3 is 2.46 bits per heavy atom. The molecule has 3 N–H and O–H groups in total. The molecule has 0 aliphatic carbocycles. The van der Waals surface area contributed by atoms with Crippen LogP contribution in [0.5, 0.6) is 0 Å². The SMILES string of the molecule is C[C@H](O)C(=O)N(C[C@@H]1CNC[C@@H]1F)[C@@H](c1nc(-c2cc(F)ccc2F)cn1Cc1ccccc1)C(C)(C)C(=O)NCCOCCN1C(=O)C=CC1=O. The Balaban J connectivity index is 1.51. The van der Waals surface area contributed by atoms with Gasteiger partial charge in [0.15, 0.2) is 0 Å². The fourth-order valence-electron chi connectivity index (χ4n) is 6.42. The maximum absolute atomic E-state index is 15.2. The summed E-state index contributed by atoms with van der Waals surface area (Å²) in [6.45, 7) is 4.82. The fraction of sp³-hybridized carbons (Fsp3) is 0.432. The number of nitrogens with zero attached hydrogens (tertiary/aromatic N) is 4. The highest BCUT2D eigenvalue weighted by molar-refractivity contribution is 6.12. The highest BCUT2D eigenvalue weighted by Crippen LogP contribution is 2.41. The van der Waals surface area contributed by atoms with Gasteiger partial charge in [0.05, 0.1) is 30.9 Å². The number of hydrogen-bond acceptors (Lipinski definition) is 8. The molecular formula is C37H43F3N6O6. The van der Waals surface area contributed by atoms with E-state index in [-0.39, 0.29) is 69.6 Å². The zero-order valence-corrected chi connectivity index (χ0v) is 29.2. The smallest absolute Gasteiger partial charge is 0.253 e. The second kappa shape index (κ2) is 16.7. The summed E-state index contributed by atoms with van der Waals surface area (Å²) < 4.78 is 51.9. The summed E-state index contributed by atoms with van der Waals surface area (Å²) in [7, 11) is 0. The molecule has 52 heavy (non-hydrogen) atoms. The lowest BCUT2D eigenvalue weighted by molar-refractivity contribution is -0.150. The van der Waals surface area contributed by atoms with Crippen LogP contribution in [0.3, 0.4) is 0 Å². The summed E-state index contributed by atoms with van der Waals surface area (Å²) in [5.74, 6) is -4.19. The minimum absolute atomic E-state index is 0.0107. The van der Waals surface area contributed by atoms with Crippen LogP contribution >= 0.6 is 0 Å². The Kier molecular flexibility index (Phi) is 12.3. The van der Waals surface area contributed by atoms with Crippen LogP contribution in [-0.4, -0.2) is 106 Å². The number of amides is 4. The largest absolute Gasteiger partial charge is 0.384 e. The molecule has 5 rings (SSSR count). The van der Waals surface area contributed by atoms with Crippen LogP contribution in [0.1, 0.15) is 38.2 Å². The van der Waals surface area contributed by atoms with E-state index in [2.05, 4.69) is 10.6 Å². The van der Waals surface area contributed by atoms with Crippen molar-refractivity contribution in [3.05, 3.63) is 89.9 Å². The standard InChI is InChI=1S/C37H43F3N6O6/c1-23(47)35(50)46(21-25-18-41-19-29(25)40)33(37(2,3)36(51)42-13-15-52-16-14-45-31(48)11-12-32(45)49)34-43-30(27-17-26(38)9-10-28(27)39)22-44(34)20-24-7-5-4-6-8-24/h4-12,17,22-23,25,29,33,41,47H,13-16,18-21H2,1-3H3,(H,42,51)/t23-,25-,29-,33-/m0/s1. The molecule has 15 heteroatoms. The Hall–Kier alpha value is -4.86. The second-order valence-corrected chi connectivity index (χ2v) is 13.5. The van der Waals surface area contributed by atoms with Crippen molar-refractivity contribution in [2.45, 2.75) is 45.6 Å². The molecule has 1 fully saturated rings. The van der Waals surface area contributed by atoms with Crippen molar-refractivity contribution in [3.63, 3.8) is 0 Å². The first-order chi connectivity index (χ1) is 24.8. The third kappa shape index (κ3) is 8.77. The number of alkyl halides is 1. The number of halogens is 3. The molecule has 3 heterocycles. The van der Waals surface area contributed by atoms with Crippen molar-refractivity contribution in [1.82, 2.24) is 30.0 Å². The highest BCUT2D eigenvalue weighted by Gasteiger charge is 2.48. The lowest BCUT2D eigenvalue weighted by Gasteiger charge is -2.42. The second-order valence-electron chi connectivity index (χ2n) is 13.5. The van der Waals surface area contributed by atoms with Gasteiger partial charge in [-0.3, -0.25) is 24.1 Å². The molecule has 4 atom stereocenters. The minimum atomic E-state index is -1.54. The van der Waals surface area contributed by atoms with Crippen molar-refractivity contribution in [3.8, 4) is 11.3 Å². The maximum atomic E-state index is 15.2. The fourth-order valence-corrected chi connectivity index (χ4v) is 6.42. The molecule has 12 nitrogen and oxygen atoms in total. The van der Waals surface area contributed by atoms with Crippen LogP contribution in [0.25, 0.3) is 11.3 Å². The van der Waals surface area contributed by atoms with E-state index in [0.29, 0.717) is 0 Å². The molecule has 0 saturated carbocycles. The monoisotopic (exact) mass is 724 g/mol. The quantitative estimate of drug-likeness (QED) is 0.151. The topological polar surface area (TPSA) is 146 Å². The molecule has 0 radical (unpaired) electrons. The number of aliphatic hydroxyl groups excluding tert-OH is 1. The van der Waals surface area contributed by atoms with Gasteiger partial charge in [0.25, 0.3) is 17.7 Å². The van der Waals surface area contributed by atoms with Crippen LogP contribution in [-0.2, 0) is 30.5 Å². The summed E-state index contributed by atoms with van der Waals surface area (Å²) in [6.07, 6.45) is 1.01. The van der Waals surface area contributed by atoms with E-state index in [1.807, 2.05) is 30.3 Å². The average Bonchev–Trinajstić information content (AvgIpc) is 3.81. The van der Waals surface area contributed by atoms with Gasteiger partial charge in [-0.25, -0.2) is 18.2 Å². The number of carbonyl (C=O) groups is 4. The summed E-state index contributed by atoms with van der Waals surface area (Å²) in [4.78, 5) is 58.7. The van der Waals surface area contributed by atoms with Gasteiger partial charge in [-0.2, -0.15) is 0 Å². The zero-order valence-electron chi connectivity index (χ0n) is 29.2. The number of imidazole rings is 1. The van der Waals surface area contributed by atoms with Crippen LogP contribution in [0.15, 0.2) is 66.9 Å². The first kappa shape index (κ1) is 38.4. The number of imide groups is 1. The first-order valence-corrected chi connectivity index (χ1v) is 17.1. The highest BCUT2D eigenvalue weighted by atomic mass is 19.1. The van der Waals surface area contributed by atoms with Crippen molar-refractivity contribution in [1.29, 1.82) is 0 Å². The number of aromatic nitrogens is 2. The van der Waals surface area contributed by atoms with Gasteiger partial charge in [0.1, 0.15) is 35.8 Å². The summed E-state index contributed by atoms with van der Waals surface area (Å²) in [5.41, 5.74) is -0.828. The Labute approximate surface area is 299 Å². The van der Waals surface area contributed by atoms with Crippen LogP contribution < -0.4 is 10.6 Å².